The maximum Gasteiger partial charge on any atom is 0.304 e. The van der Waals surface area contributed by atoms with E-state index in [1.54, 1.807) is 0 Å². The van der Waals surface area contributed by atoms with E-state index in [1.165, 1.54) is 5.56 Å². The maximum absolute atomic E-state index is 15.5. The maximum atomic E-state index is 15.5. The first-order valence-electron chi connectivity index (χ1n) is 10.0. The summed E-state index contributed by atoms with van der Waals surface area (Å²) in [5.41, 5.74) is 3.18. The number of fused-ring (bicyclic) bond motifs is 1. The Balaban J connectivity index is 1.46. The van der Waals surface area contributed by atoms with Crippen molar-refractivity contribution in [1.29, 1.82) is 0 Å². The largest absolute Gasteiger partial charge is 0.391 e. The number of aromatic amines is 1. The summed E-state index contributed by atoms with van der Waals surface area (Å²) in [7, 11) is -4.09. The van der Waals surface area contributed by atoms with Crippen LogP contribution in [0, 0.1) is 25.7 Å². The normalized spacial score (nSPS) is 35.4. The van der Waals surface area contributed by atoms with Crippen molar-refractivity contribution in [3.05, 3.63) is 17.0 Å². The topological polar surface area (TPSA) is 119 Å². The zero-order valence-corrected chi connectivity index (χ0v) is 17.5. The molecule has 11 heteroatoms. The lowest BCUT2D eigenvalue weighted by atomic mass is 9.70. The third-order valence-electron chi connectivity index (χ3n) is 6.71. The first-order valence-corrected chi connectivity index (χ1v) is 11.5. The van der Waals surface area contributed by atoms with Crippen molar-refractivity contribution in [3.63, 3.8) is 0 Å². The number of H-pyrrole nitrogens is 1. The molecule has 1 amide bonds. The van der Waals surface area contributed by atoms with E-state index in [0.29, 0.717) is 13.0 Å². The lowest BCUT2D eigenvalue weighted by Gasteiger charge is -2.48. The van der Waals surface area contributed by atoms with Crippen LogP contribution < -0.4 is 4.72 Å². The molecule has 5 atom stereocenters. The first kappa shape index (κ1) is 20.7. The van der Waals surface area contributed by atoms with Crippen molar-refractivity contribution in [2.24, 2.45) is 11.8 Å². The summed E-state index contributed by atoms with van der Waals surface area (Å²) < 4.78 is 42.6. The summed E-state index contributed by atoms with van der Waals surface area (Å²) in [5.74, 6) is -1.05. The quantitative estimate of drug-likeness (QED) is 0.602. The average Bonchev–Trinajstić information content (AvgIpc) is 3.10. The molecular formula is C18H28FN5O4S. The van der Waals surface area contributed by atoms with Crippen LogP contribution in [0.2, 0.25) is 0 Å². The number of aliphatic hydroxyl groups excluding tert-OH is 1. The van der Waals surface area contributed by atoms with Crippen LogP contribution in [0.3, 0.4) is 0 Å². The SMILES string of the molecule is Cc1n[nH]c(C)c1CCN1CCC2CC(O)C(N3CC(=O)NS3(=O)=O)C(F)C2C1. The number of halogens is 1. The van der Waals surface area contributed by atoms with Crippen LogP contribution in [0.1, 0.15) is 29.8 Å². The highest BCUT2D eigenvalue weighted by Gasteiger charge is 2.53. The molecule has 162 valence electrons. The minimum absolute atomic E-state index is 0.0128. The van der Waals surface area contributed by atoms with Gasteiger partial charge < -0.3 is 10.0 Å². The van der Waals surface area contributed by atoms with Gasteiger partial charge in [0.15, 0.2) is 0 Å². The number of carbonyl (C=O) groups is 1. The van der Waals surface area contributed by atoms with Gasteiger partial charge in [-0.05, 0) is 51.1 Å². The molecule has 3 N–H and O–H groups in total. The smallest absolute Gasteiger partial charge is 0.304 e. The molecule has 4 rings (SSSR count). The van der Waals surface area contributed by atoms with E-state index in [2.05, 4.69) is 15.1 Å². The highest BCUT2D eigenvalue weighted by atomic mass is 32.2. The third-order valence-corrected chi connectivity index (χ3v) is 8.18. The summed E-state index contributed by atoms with van der Waals surface area (Å²) in [6.07, 6.45) is -0.706. The highest BCUT2D eigenvalue weighted by Crippen LogP contribution is 2.41. The van der Waals surface area contributed by atoms with Gasteiger partial charge in [-0.15, -0.1) is 0 Å². The fourth-order valence-corrected chi connectivity index (χ4v) is 6.50. The molecule has 1 aromatic rings. The van der Waals surface area contributed by atoms with E-state index < -0.39 is 41.0 Å². The molecule has 1 saturated carbocycles. The molecule has 3 heterocycles. The van der Waals surface area contributed by atoms with Crippen LogP contribution in [0.15, 0.2) is 0 Å². The number of hydrogen-bond donors (Lipinski definition) is 3. The zero-order chi connectivity index (χ0) is 20.9. The zero-order valence-electron chi connectivity index (χ0n) is 16.6. The van der Waals surface area contributed by atoms with Crippen LogP contribution >= 0.6 is 0 Å². The molecule has 0 spiro atoms. The van der Waals surface area contributed by atoms with Gasteiger partial charge in [-0.2, -0.15) is 17.8 Å². The van der Waals surface area contributed by atoms with Gasteiger partial charge in [0.2, 0.25) is 5.91 Å². The molecule has 29 heavy (non-hydrogen) atoms. The van der Waals surface area contributed by atoms with E-state index in [1.807, 2.05) is 18.6 Å². The number of nitrogens with one attached hydrogen (secondary N) is 2. The molecule has 9 nitrogen and oxygen atoms in total. The van der Waals surface area contributed by atoms with Crippen LogP contribution in [0.4, 0.5) is 4.39 Å². The average molecular weight is 430 g/mol. The Kier molecular flexibility index (Phi) is 5.43. The van der Waals surface area contributed by atoms with Gasteiger partial charge in [-0.3, -0.25) is 9.89 Å². The van der Waals surface area contributed by atoms with E-state index in [9.17, 15) is 18.3 Å². The van der Waals surface area contributed by atoms with E-state index >= 15 is 4.39 Å². The van der Waals surface area contributed by atoms with Crippen LogP contribution in [-0.2, 0) is 21.4 Å². The standard InChI is InChI=1S/C18H28FN5O4S/c1-10-13(11(2)21-20-10)4-6-23-5-3-12-7-15(25)18(17(19)14(12)8-23)24-9-16(26)22-29(24,27)28/h12,14-15,17-18,25H,3-9H2,1-2H3,(H,20,21)(H,22,26). The molecule has 0 radical (unpaired) electrons. The first-order chi connectivity index (χ1) is 13.7. The Morgan fingerprint density at radius 1 is 1.34 bits per heavy atom. The highest BCUT2D eigenvalue weighted by molar-refractivity contribution is 7.88. The van der Waals surface area contributed by atoms with Gasteiger partial charge in [0, 0.05) is 24.7 Å². The molecule has 3 aliphatic rings. The lowest BCUT2D eigenvalue weighted by Crippen LogP contribution is -2.61. The minimum Gasteiger partial charge on any atom is -0.391 e. The van der Waals surface area contributed by atoms with Crippen molar-refractivity contribution in [2.75, 3.05) is 26.2 Å². The summed E-state index contributed by atoms with van der Waals surface area (Å²) >= 11 is 0. The number of alkyl halides is 1. The number of likely N-dealkylation sites (tertiary alicyclic amines) is 1. The van der Waals surface area contributed by atoms with Crippen LogP contribution in [0.5, 0.6) is 0 Å². The summed E-state index contributed by atoms with van der Waals surface area (Å²) in [5, 5.41) is 17.7. The Hall–Kier alpha value is -1.56. The van der Waals surface area contributed by atoms with Gasteiger partial charge in [0.25, 0.3) is 0 Å². The number of aryl methyl sites for hydroxylation is 2. The predicted molar refractivity (Wildman–Crippen MR) is 103 cm³/mol. The van der Waals surface area contributed by atoms with Crippen molar-refractivity contribution in [1.82, 2.24) is 24.1 Å². The monoisotopic (exact) mass is 429 g/mol. The van der Waals surface area contributed by atoms with Gasteiger partial charge in [0.05, 0.1) is 24.4 Å². The van der Waals surface area contributed by atoms with Gasteiger partial charge >= 0.3 is 10.2 Å². The molecule has 3 fully saturated rings. The molecule has 1 aromatic heterocycles. The Morgan fingerprint density at radius 3 is 2.72 bits per heavy atom. The number of carbonyl (C=O) groups excluding carboxylic acids is 1. The van der Waals surface area contributed by atoms with E-state index in [0.717, 1.165) is 41.6 Å². The summed E-state index contributed by atoms with van der Waals surface area (Å²) in [4.78, 5) is 13.8. The number of nitrogens with zero attached hydrogens (tertiary/aromatic N) is 3. The second-order valence-electron chi connectivity index (χ2n) is 8.49. The minimum atomic E-state index is -4.09. The van der Waals surface area contributed by atoms with Crippen molar-refractivity contribution in [3.8, 4) is 0 Å². The van der Waals surface area contributed by atoms with Gasteiger partial charge in [-0.25, -0.2) is 9.11 Å². The number of aliphatic hydroxyl groups is 1. The molecule has 2 saturated heterocycles. The molecule has 1 aliphatic carbocycles. The third kappa shape index (κ3) is 3.80. The molecule has 0 bridgehead atoms. The number of piperidine rings is 1. The molecule has 0 aromatic carbocycles. The van der Waals surface area contributed by atoms with Crippen molar-refractivity contribution in [2.45, 2.75) is 51.4 Å². The van der Waals surface area contributed by atoms with Crippen molar-refractivity contribution >= 4 is 16.1 Å². The second-order valence-corrected chi connectivity index (χ2v) is 10.1. The van der Waals surface area contributed by atoms with Crippen LogP contribution in [0.25, 0.3) is 0 Å². The molecule has 5 unspecified atom stereocenters. The Bertz CT molecular complexity index is 871. The molecule has 2 aliphatic heterocycles. The molecular weight excluding hydrogens is 401 g/mol. The number of aromatic nitrogens is 2. The summed E-state index contributed by atoms with van der Waals surface area (Å²) in [6, 6.07) is -1.22. The van der Waals surface area contributed by atoms with Gasteiger partial charge in [0.1, 0.15) is 6.17 Å². The lowest BCUT2D eigenvalue weighted by molar-refractivity contribution is -0.120. The van der Waals surface area contributed by atoms with E-state index in [-0.39, 0.29) is 11.8 Å². The number of rotatable bonds is 4. The number of hydrogen-bond acceptors (Lipinski definition) is 6. The number of amides is 1. The Labute approximate surface area is 169 Å². The second kappa shape index (κ2) is 7.60. The Morgan fingerprint density at radius 2 is 2.10 bits per heavy atom. The fourth-order valence-electron chi connectivity index (χ4n) is 5.16. The van der Waals surface area contributed by atoms with Crippen molar-refractivity contribution < 1.29 is 22.7 Å². The fraction of sp³-hybridized carbons (Fsp3) is 0.778. The predicted octanol–water partition coefficient (Wildman–Crippen LogP) is -0.345. The summed E-state index contributed by atoms with van der Waals surface area (Å²) in [6.45, 7) is 5.61. The van der Waals surface area contributed by atoms with Crippen LogP contribution in [-0.4, -0.2) is 83.3 Å². The van der Waals surface area contributed by atoms with E-state index in [4.69, 9.17) is 0 Å². The van der Waals surface area contributed by atoms with Gasteiger partial charge in [-0.1, -0.05) is 0 Å².